The zero-order valence-electron chi connectivity index (χ0n) is 14.5. The van der Waals surface area contributed by atoms with Crippen molar-refractivity contribution in [3.63, 3.8) is 0 Å². The number of urea groups is 1. The lowest BCUT2D eigenvalue weighted by Gasteiger charge is -2.27. The summed E-state index contributed by atoms with van der Waals surface area (Å²) in [6.07, 6.45) is 0. The second kappa shape index (κ2) is 7.61. The van der Waals surface area contributed by atoms with Crippen LogP contribution in [0.5, 0.6) is 0 Å². The minimum atomic E-state index is -0.524. The number of hydrogen-bond donors (Lipinski definition) is 1. The molecule has 1 aliphatic heterocycles. The van der Waals surface area contributed by atoms with Gasteiger partial charge in [0.1, 0.15) is 12.6 Å². The van der Waals surface area contributed by atoms with Crippen LogP contribution in [0, 0.1) is 17.8 Å². The monoisotopic (exact) mass is 311 g/mol. The van der Waals surface area contributed by atoms with E-state index in [1.54, 1.807) is 4.90 Å². The topological polar surface area (TPSA) is 69.7 Å². The Morgan fingerprint density at radius 1 is 1.09 bits per heavy atom. The van der Waals surface area contributed by atoms with Gasteiger partial charge in [0.2, 0.25) is 5.91 Å². The summed E-state index contributed by atoms with van der Waals surface area (Å²) in [6.45, 7) is 13.0. The van der Waals surface area contributed by atoms with E-state index in [0.717, 1.165) is 4.90 Å². The maximum atomic E-state index is 12.5. The Kier molecular flexibility index (Phi) is 6.38. The standard InChI is InChI=1S/C16H29N3O3/c1-10(2)7-18(8-11(3)4)13(20)9-19-15(21)14(12(5)6)17-16(19)22/h10-12,14H,7-9H2,1-6H3,(H,17,22). The molecule has 1 saturated heterocycles. The van der Waals surface area contributed by atoms with E-state index in [4.69, 9.17) is 0 Å². The summed E-state index contributed by atoms with van der Waals surface area (Å²) in [4.78, 5) is 39.4. The van der Waals surface area contributed by atoms with E-state index in [0.29, 0.717) is 24.9 Å². The minimum absolute atomic E-state index is 0.0129. The molecule has 6 nitrogen and oxygen atoms in total. The Labute approximate surface area is 133 Å². The van der Waals surface area contributed by atoms with Gasteiger partial charge in [0.05, 0.1) is 0 Å². The smallest absolute Gasteiger partial charge is 0.325 e. The maximum absolute atomic E-state index is 12.5. The van der Waals surface area contributed by atoms with Gasteiger partial charge in [-0.25, -0.2) is 4.79 Å². The first kappa shape index (κ1) is 18.5. The van der Waals surface area contributed by atoms with E-state index in [1.807, 2.05) is 41.5 Å². The van der Waals surface area contributed by atoms with Crippen LogP contribution in [0.4, 0.5) is 4.79 Å². The molecule has 6 heteroatoms. The van der Waals surface area contributed by atoms with Gasteiger partial charge in [-0.05, 0) is 17.8 Å². The highest BCUT2D eigenvalue weighted by molar-refractivity contribution is 6.06. The average Bonchev–Trinajstić information content (AvgIpc) is 2.65. The summed E-state index contributed by atoms with van der Waals surface area (Å²) >= 11 is 0. The molecule has 1 rings (SSSR count). The normalized spacial score (nSPS) is 18.6. The lowest BCUT2D eigenvalue weighted by molar-refractivity contribution is -0.138. The van der Waals surface area contributed by atoms with Gasteiger partial charge in [-0.1, -0.05) is 41.5 Å². The fraction of sp³-hybridized carbons (Fsp3) is 0.812. The lowest BCUT2D eigenvalue weighted by Crippen LogP contribution is -2.45. The van der Waals surface area contributed by atoms with Gasteiger partial charge in [0.25, 0.3) is 5.91 Å². The van der Waals surface area contributed by atoms with Crippen molar-refractivity contribution in [3.8, 4) is 0 Å². The van der Waals surface area contributed by atoms with E-state index in [1.165, 1.54) is 0 Å². The highest BCUT2D eigenvalue weighted by atomic mass is 16.2. The van der Waals surface area contributed by atoms with Crippen LogP contribution in [-0.2, 0) is 9.59 Å². The molecule has 1 heterocycles. The summed E-state index contributed by atoms with van der Waals surface area (Å²) in [7, 11) is 0. The molecule has 0 saturated carbocycles. The van der Waals surface area contributed by atoms with Crippen molar-refractivity contribution in [1.82, 2.24) is 15.1 Å². The van der Waals surface area contributed by atoms with Crippen molar-refractivity contribution in [3.05, 3.63) is 0 Å². The van der Waals surface area contributed by atoms with Gasteiger partial charge >= 0.3 is 6.03 Å². The molecular weight excluding hydrogens is 282 g/mol. The largest absolute Gasteiger partial charge is 0.341 e. The summed E-state index contributed by atoms with van der Waals surface area (Å²) in [6, 6.07) is -0.991. The Morgan fingerprint density at radius 2 is 1.59 bits per heavy atom. The molecule has 0 radical (unpaired) electrons. The summed E-state index contributed by atoms with van der Waals surface area (Å²) in [5.41, 5.74) is 0. The van der Waals surface area contributed by atoms with E-state index >= 15 is 0 Å². The zero-order valence-corrected chi connectivity index (χ0v) is 14.5. The maximum Gasteiger partial charge on any atom is 0.325 e. The highest BCUT2D eigenvalue weighted by Crippen LogP contribution is 2.14. The van der Waals surface area contributed by atoms with E-state index in [-0.39, 0.29) is 24.3 Å². The van der Waals surface area contributed by atoms with Crippen LogP contribution in [0.2, 0.25) is 0 Å². The number of hydrogen-bond acceptors (Lipinski definition) is 3. The molecule has 0 bridgehead atoms. The van der Waals surface area contributed by atoms with Crippen LogP contribution in [-0.4, -0.2) is 53.3 Å². The number of nitrogens with zero attached hydrogens (tertiary/aromatic N) is 2. The fourth-order valence-electron chi connectivity index (χ4n) is 2.54. The first-order valence-corrected chi connectivity index (χ1v) is 8.03. The van der Waals surface area contributed by atoms with Gasteiger partial charge in [0.15, 0.2) is 0 Å². The average molecular weight is 311 g/mol. The molecule has 1 aliphatic rings. The Balaban J connectivity index is 2.76. The highest BCUT2D eigenvalue weighted by Gasteiger charge is 2.40. The Hall–Kier alpha value is -1.59. The molecule has 1 fully saturated rings. The zero-order chi connectivity index (χ0) is 17.0. The van der Waals surface area contributed by atoms with Crippen LogP contribution in [0.1, 0.15) is 41.5 Å². The number of nitrogens with one attached hydrogen (secondary N) is 1. The predicted octanol–water partition coefficient (Wildman–Crippen LogP) is 1.70. The third kappa shape index (κ3) is 4.71. The molecule has 1 unspecified atom stereocenters. The van der Waals surface area contributed by atoms with Crippen molar-refractivity contribution >= 4 is 17.8 Å². The number of carbonyl (C=O) groups is 3. The quantitative estimate of drug-likeness (QED) is 0.728. The SMILES string of the molecule is CC(C)CN(CC(C)C)C(=O)CN1C(=O)NC(C(C)C)C1=O. The van der Waals surface area contributed by atoms with Gasteiger partial charge in [-0.2, -0.15) is 0 Å². The van der Waals surface area contributed by atoms with Crippen molar-refractivity contribution in [1.29, 1.82) is 0 Å². The van der Waals surface area contributed by atoms with E-state index in [2.05, 4.69) is 5.32 Å². The summed E-state index contributed by atoms with van der Waals surface area (Å²) in [5.74, 6) is 0.222. The first-order chi connectivity index (χ1) is 10.1. The Bertz CT molecular complexity index is 422. The van der Waals surface area contributed by atoms with Crippen LogP contribution >= 0.6 is 0 Å². The number of imide groups is 1. The molecule has 126 valence electrons. The molecule has 0 aromatic rings. The predicted molar refractivity (Wildman–Crippen MR) is 85.1 cm³/mol. The Morgan fingerprint density at radius 3 is 1.95 bits per heavy atom. The third-order valence-electron chi connectivity index (χ3n) is 3.54. The molecular formula is C16H29N3O3. The second-order valence-electron chi connectivity index (χ2n) is 7.18. The molecule has 22 heavy (non-hydrogen) atoms. The van der Waals surface area contributed by atoms with Crippen LogP contribution < -0.4 is 5.32 Å². The number of carbonyl (C=O) groups excluding carboxylic acids is 3. The molecule has 4 amide bonds. The second-order valence-corrected chi connectivity index (χ2v) is 7.18. The summed E-state index contributed by atoms with van der Waals surface area (Å²) < 4.78 is 0. The first-order valence-electron chi connectivity index (χ1n) is 8.03. The minimum Gasteiger partial charge on any atom is -0.341 e. The van der Waals surface area contributed by atoms with Crippen molar-refractivity contribution in [2.45, 2.75) is 47.6 Å². The van der Waals surface area contributed by atoms with Gasteiger partial charge < -0.3 is 10.2 Å². The molecule has 0 spiro atoms. The number of amides is 4. The third-order valence-corrected chi connectivity index (χ3v) is 3.54. The number of rotatable bonds is 7. The molecule has 0 aromatic heterocycles. The molecule has 0 aliphatic carbocycles. The van der Waals surface area contributed by atoms with Gasteiger partial charge in [0, 0.05) is 13.1 Å². The fourth-order valence-corrected chi connectivity index (χ4v) is 2.54. The van der Waals surface area contributed by atoms with Crippen molar-refractivity contribution in [2.75, 3.05) is 19.6 Å². The van der Waals surface area contributed by atoms with Crippen LogP contribution in [0.15, 0.2) is 0 Å². The van der Waals surface area contributed by atoms with Crippen LogP contribution in [0.3, 0.4) is 0 Å². The van der Waals surface area contributed by atoms with E-state index in [9.17, 15) is 14.4 Å². The van der Waals surface area contributed by atoms with Crippen LogP contribution in [0.25, 0.3) is 0 Å². The molecule has 1 N–H and O–H groups in total. The van der Waals surface area contributed by atoms with E-state index < -0.39 is 12.1 Å². The lowest BCUT2D eigenvalue weighted by atomic mass is 10.1. The molecule has 0 aromatic carbocycles. The summed E-state index contributed by atoms with van der Waals surface area (Å²) in [5, 5.41) is 2.65. The van der Waals surface area contributed by atoms with Gasteiger partial charge in [-0.3, -0.25) is 14.5 Å². The van der Waals surface area contributed by atoms with Crippen molar-refractivity contribution in [2.24, 2.45) is 17.8 Å². The van der Waals surface area contributed by atoms with Crippen molar-refractivity contribution < 1.29 is 14.4 Å². The molecule has 1 atom stereocenters. The van der Waals surface area contributed by atoms with Gasteiger partial charge in [-0.15, -0.1) is 0 Å².